The molecule has 1 aliphatic heterocycles. The Kier molecular flexibility index (Phi) is 4.39. The molecule has 0 saturated heterocycles. The van der Waals surface area contributed by atoms with Crippen LogP contribution in [-0.4, -0.2) is 36.8 Å². The SMILES string of the molecule is Cc1ccc(-c2ccn(-c3ccc4c5c(n(C)c4c3)CN(C(=O)O)CC5)c(=O)c2)cn1. The number of rotatable bonds is 2. The second-order valence-electron chi connectivity index (χ2n) is 7.95. The molecule has 4 heterocycles. The fraction of sp³-hybridized carbons (Fsp3) is 0.208. The van der Waals surface area contributed by atoms with Crippen molar-refractivity contribution in [2.75, 3.05) is 6.54 Å². The Morgan fingerprint density at radius 2 is 1.94 bits per heavy atom. The number of aryl methyl sites for hydroxylation is 2. The van der Waals surface area contributed by atoms with Crippen molar-refractivity contribution >= 4 is 17.0 Å². The molecule has 31 heavy (non-hydrogen) atoms. The monoisotopic (exact) mass is 414 g/mol. The predicted molar refractivity (Wildman–Crippen MR) is 119 cm³/mol. The van der Waals surface area contributed by atoms with Gasteiger partial charge in [-0.1, -0.05) is 12.1 Å². The highest BCUT2D eigenvalue weighted by Crippen LogP contribution is 2.31. The number of nitrogens with zero attached hydrogens (tertiary/aromatic N) is 4. The lowest BCUT2D eigenvalue weighted by molar-refractivity contribution is 0.139. The van der Waals surface area contributed by atoms with Crippen molar-refractivity contribution in [3.63, 3.8) is 0 Å². The zero-order chi connectivity index (χ0) is 21.7. The molecule has 0 fully saturated rings. The number of hydrogen-bond acceptors (Lipinski definition) is 3. The van der Waals surface area contributed by atoms with Crippen molar-refractivity contribution < 1.29 is 9.90 Å². The summed E-state index contributed by atoms with van der Waals surface area (Å²) in [5.74, 6) is 0. The summed E-state index contributed by atoms with van der Waals surface area (Å²) in [5.41, 5.74) is 6.52. The highest BCUT2D eigenvalue weighted by Gasteiger charge is 2.25. The number of benzene rings is 1. The maximum absolute atomic E-state index is 12.9. The molecule has 1 aromatic carbocycles. The van der Waals surface area contributed by atoms with Gasteiger partial charge in [0.15, 0.2) is 0 Å². The van der Waals surface area contributed by atoms with Gasteiger partial charge in [-0.15, -0.1) is 0 Å². The molecule has 7 heteroatoms. The molecule has 4 aromatic rings. The van der Waals surface area contributed by atoms with Crippen LogP contribution in [0.15, 0.2) is 59.7 Å². The Labute approximate surface area is 178 Å². The van der Waals surface area contributed by atoms with Crippen LogP contribution in [0.3, 0.4) is 0 Å². The Morgan fingerprint density at radius 3 is 2.65 bits per heavy atom. The van der Waals surface area contributed by atoms with Crippen LogP contribution in [-0.2, 0) is 20.0 Å². The van der Waals surface area contributed by atoms with Gasteiger partial charge < -0.3 is 14.6 Å². The number of carboxylic acid groups (broad SMARTS) is 1. The molecule has 156 valence electrons. The third kappa shape index (κ3) is 3.18. The van der Waals surface area contributed by atoms with Gasteiger partial charge in [0, 0.05) is 54.4 Å². The Bertz CT molecular complexity index is 1380. The fourth-order valence-electron chi connectivity index (χ4n) is 4.37. The fourth-order valence-corrected chi connectivity index (χ4v) is 4.37. The number of hydrogen-bond donors (Lipinski definition) is 1. The predicted octanol–water partition coefficient (Wildman–Crippen LogP) is 3.74. The van der Waals surface area contributed by atoms with Crippen LogP contribution in [0.2, 0.25) is 0 Å². The first kappa shape index (κ1) is 19.1. The van der Waals surface area contributed by atoms with E-state index in [9.17, 15) is 14.7 Å². The summed E-state index contributed by atoms with van der Waals surface area (Å²) in [6.07, 6.45) is 3.35. The summed E-state index contributed by atoms with van der Waals surface area (Å²) in [6, 6.07) is 13.4. The van der Waals surface area contributed by atoms with Crippen LogP contribution in [0.25, 0.3) is 27.7 Å². The average Bonchev–Trinajstić information content (AvgIpc) is 3.05. The largest absolute Gasteiger partial charge is 0.465 e. The van der Waals surface area contributed by atoms with Crippen molar-refractivity contribution in [1.29, 1.82) is 0 Å². The van der Waals surface area contributed by atoms with E-state index in [-0.39, 0.29) is 5.56 Å². The molecule has 5 rings (SSSR count). The summed E-state index contributed by atoms with van der Waals surface area (Å²) < 4.78 is 3.67. The maximum atomic E-state index is 12.9. The molecular formula is C24H22N4O3. The van der Waals surface area contributed by atoms with Gasteiger partial charge in [-0.2, -0.15) is 0 Å². The van der Waals surface area contributed by atoms with E-state index >= 15 is 0 Å². The van der Waals surface area contributed by atoms with Crippen molar-refractivity contribution in [1.82, 2.24) is 19.0 Å². The molecule has 0 radical (unpaired) electrons. The van der Waals surface area contributed by atoms with Gasteiger partial charge in [-0.05, 0) is 48.7 Å². The van der Waals surface area contributed by atoms with E-state index in [2.05, 4.69) is 4.98 Å². The average molecular weight is 414 g/mol. The molecule has 0 aliphatic carbocycles. The molecule has 7 nitrogen and oxygen atoms in total. The van der Waals surface area contributed by atoms with E-state index in [0.717, 1.165) is 39.1 Å². The minimum Gasteiger partial charge on any atom is -0.465 e. The first-order chi connectivity index (χ1) is 14.9. The van der Waals surface area contributed by atoms with E-state index in [1.54, 1.807) is 23.0 Å². The zero-order valence-corrected chi connectivity index (χ0v) is 17.4. The molecule has 0 atom stereocenters. The van der Waals surface area contributed by atoms with Crippen LogP contribution >= 0.6 is 0 Å². The lowest BCUT2D eigenvalue weighted by Crippen LogP contribution is -2.35. The van der Waals surface area contributed by atoms with E-state index in [0.29, 0.717) is 19.5 Å². The second kappa shape index (κ2) is 7.12. The van der Waals surface area contributed by atoms with E-state index in [4.69, 9.17) is 0 Å². The van der Waals surface area contributed by atoms with Crippen LogP contribution < -0.4 is 5.56 Å². The van der Waals surface area contributed by atoms with E-state index in [1.807, 2.05) is 54.9 Å². The molecule has 0 saturated carbocycles. The minimum atomic E-state index is -0.896. The van der Waals surface area contributed by atoms with Crippen LogP contribution in [0.4, 0.5) is 4.79 Å². The Hall–Kier alpha value is -3.87. The summed E-state index contributed by atoms with van der Waals surface area (Å²) in [5, 5.41) is 10.5. The number of fused-ring (bicyclic) bond motifs is 3. The molecule has 1 aliphatic rings. The molecular weight excluding hydrogens is 392 g/mol. The number of amides is 1. The van der Waals surface area contributed by atoms with Crippen molar-refractivity contribution in [3.05, 3.63) is 82.2 Å². The van der Waals surface area contributed by atoms with Gasteiger partial charge >= 0.3 is 6.09 Å². The standard InChI is InChI=1S/C24H22N4O3/c1-15-3-4-17(13-25-15)16-7-10-28(23(29)11-16)18-5-6-19-20-8-9-27(24(30)31)14-22(20)26(2)21(19)12-18/h3-7,10-13H,8-9,14H2,1-2H3,(H,30,31). The van der Waals surface area contributed by atoms with Gasteiger partial charge in [0.1, 0.15) is 0 Å². The molecule has 0 bridgehead atoms. The summed E-state index contributed by atoms with van der Waals surface area (Å²) in [7, 11) is 1.95. The molecule has 1 N–H and O–H groups in total. The number of pyridine rings is 2. The quantitative estimate of drug-likeness (QED) is 0.542. The third-order valence-electron chi connectivity index (χ3n) is 6.11. The number of aromatic nitrogens is 3. The first-order valence-corrected chi connectivity index (χ1v) is 10.2. The summed E-state index contributed by atoms with van der Waals surface area (Å²) >= 11 is 0. The van der Waals surface area contributed by atoms with Crippen LogP contribution in [0.1, 0.15) is 17.0 Å². The van der Waals surface area contributed by atoms with Crippen molar-refractivity contribution in [2.45, 2.75) is 19.9 Å². The Morgan fingerprint density at radius 1 is 1.10 bits per heavy atom. The Balaban J connectivity index is 1.55. The lowest BCUT2D eigenvalue weighted by Gasteiger charge is -2.25. The van der Waals surface area contributed by atoms with Gasteiger partial charge in [0.2, 0.25) is 0 Å². The molecule has 0 spiro atoms. The summed E-state index contributed by atoms with van der Waals surface area (Å²) in [6.45, 7) is 2.81. The van der Waals surface area contributed by atoms with Crippen LogP contribution in [0, 0.1) is 6.92 Å². The smallest absolute Gasteiger partial charge is 0.407 e. The normalized spacial score (nSPS) is 13.4. The zero-order valence-electron chi connectivity index (χ0n) is 17.4. The van der Waals surface area contributed by atoms with Gasteiger partial charge in [0.25, 0.3) is 5.56 Å². The van der Waals surface area contributed by atoms with Crippen molar-refractivity contribution in [3.8, 4) is 16.8 Å². The van der Waals surface area contributed by atoms with E-state index < -0.39 is 6.09 Å². The molecule has 1 amide bonds. The minimum absolute atomic E-state index is 0.117. The van der Waals surface area contributed by atoms with Gasteiger partial charge in [-0.3, -0.25) is 14.3 Å². The maximum Gasteiger partial charge on any atom is 0.407 e. The molecule has 3 aromatic heterocycles. The van der Waals surface area contributed by atoms with Crippen LogP contribution in [0.5, 0.6) is 0 Å². The van der Waals surface area contributed by atoms with Gasteiger partial charge in [0.05, 0.1) is 17.7 Å². The van der Waals surface area contributed by atoms with Gasteiger partial charge in [-0.25, -0.2) is 4.79 Å². The van der Waals surface area contributed by atoms with Crippen molar-refractivity contribution in [2.24, 2.45) is 7.05 Å². The summed E-state index contributed by atoms with van der Waals surface area (Å²) in [4.78, 5) is 30.0. The topological polar surface area (TPSA) is 80.4 Å². The molecule has 0 unspecified atom stereocenters. The highest BCUT2D eigenvalue weighted by molar-refractivity contribution is 5.88. The third-order valence-corrected chi connectivity index (χ3v) is 6.11. The van der Waals surface area contributed by atoms with E-state index in [1.165, 1.54) is 10.5 Å². The highest BCUT2D eigenvalue weighted by atomic mass is 16.4. The first-order valence-electron chi connectivity index (χ1n) is 10.2. The second-order valence-corrected chi connectivity index (χ2v) is 7.95. The lowest BCUT2D eigenvalue weighted by atomic mass is 10.0. The number of carbonyl (C=O) groups is 1.